The van der Waals surface area contributed by atoms with Gasteiger partial charge in [0.1, 0.15) is 29.8 Å². The summed E-state index contributed by atoms with van der Waals surface area (Å²) in [5, 5.41) is 20.8. The van der Waals surface area contributed by atoms with Crippen LogP contribution in [0.5, 0.6) is 0 Å². The zero-order valence-corrected chi connectivity index (χ0v) is 13.8. The zero-order chi connectivity index (χ0) is 17.4. The SMILES string of the molecule is CCCOC([C@H]1O[C@@H]2SC(N(C)C)=N[C@@H]2[C@@H](O)[C@@H]1O)C(F)(F)F. The maximum atomic E-state index is 13.2. The Morgan fingerprint density at radius 2 is 2.00 bits per heavy atom. The summed E-state index contributed by atoms with van der Waals surface area (Å²) in [7, 11) is 3.46. The summed E-state index contributed by atoms with van der Waals surface area (Å²) in [5.74, 6) is 0. The van der Waals surface area contributed by atoms with Crippen LogP contribution in [-0.2, 0) is 9.47 Å². The van der Waals surface area contributed by atoms with Crippen LogP contribution in [-0.4, -0.2) is 83.1 Å². The molecule has 2 aliphatic heterocycles. The summed E-state index contributed by atoms with van der Waals surface area (Å²) in [6, 6.07) is -0.802. The van der Waals surface area contributed by atoms with Gasteiger partial charge in [0.05, 0.1) is 0 Å². The van der Waals surface area contributed by atoms with Crippen molar-refractivity contribution in [2.75, 3.05) is 20.7 Å². The van der Waals surface area contributed by atoms with Crippen molar-refractivity contribution in [3.05, 3.63) is 0 Å². The van der Waals surface area contributed by atoms with Crippen LogP contribution in [0.2, 0.25) is 0 Å². The first-order chi connectivity index (χ1) is 10.7. The Morgan fingerprint density at radius 1 is 1.35 bits per heavy atom. The van der Waals surface area contributed by atoms with Gasteiger partial charge in [0.15, 0.2) is 11.3 Å². The number of amidine groups is 1. The zero-order valence-electron chi connectivity index (χ0n) is 13.0. The van der Waals surface area contributed by atoms with E-state index in [-0.39, 0.29) is 6.61 Å². The van der Waals surface area contributed by atoms with E-state index in [1.165, 1.54) is 0 Å². The molecule has 1 unspecified atom stereocenters. The molecule has 6 atom stereocenters. The molecule has 0 bridgehead atoms. The number of ether oxygens (including phenoxy) is 2. The van der Waals surface area contributed by atoms with Crippen molar-refractivity contribution < 1.29 is 32.9 Å². The Bertz CT molecular complexity index is 449. The van der Waals surface area contributed by atoms with Crippen LogP contribution >= 0.6 is 11.8 Å². The highest BCUT2D eigenvalue weighted by molar-refractivity contribution is 8.14. The topological polar surface area (TPSA) is 74.5 Å². The van der Waals surface area contributed by atoms with E-state index >= 15 is 0 Å². The van der Waals surface area contributed by atoms with E-state index < -0.39 is 42.1 Å². The second-order valence-corrected chi connectivity index (χ2v) is 6.76. The molecule has 23 heavy (non-hydrogen) atoms. The predicted octanol–water partition coefficient (Wildman–Crippen LogP) is 0.824. The average Bonchev–Trinajstić information content (AvgIpc) is 2.87. The summed E-state index contributed by atoms with van der Waals surface area (Å²) < 4.78 is 50.0. The molecule has 6 nitrogen and oxygen atoms in total. The monoisotopic (exact) mass is 358 g/mol. The molecule has 10 heteroatoms. The lowest BCUT2D eigenvalue weighted by Crippen LogP contribution is -2.61. The van der Waals surface area contributed by atoms with Crippen LogP contribution in [0.1, 0.15) is 13.3 Å². The van der Waals surface area contributed by atoms with E-state index in [1.54, 1.807) is 25.9 Å². The highest BCUT2D eigenvalue weighted by Gasteiger charge is 2.57. The van der Waals surface area contributed by atoms with Gasteiger partial charge in [-0.15, -0.1) is 0 Å². The third-order valence-corrected chi connectivity index (χ3v) is 4.90. The number of hydrogen-bond donors (Lipinski definition) is 2. The normalized spacial score (nSPS) is 35.7. The second kappa shape index (κ2) is 7.14. The number of halogens is 3. The first-order valence-corrected chi connectivity index (χ1v) is 8.16. The third-order valence-electron chi connectivity index (χ3n) is 3.59. The van der Waals surface area contributed by atoms with Gasteiger partial charge in [-0.2, -0.15) is 13.2 Å². The number of aliphatic hydroxyl groups excluding tert-OH is 2. The van der Waals surface area contributed by atoms with Gasteiger partial charge in [-0.05, 0) is 6.42 Å². The minimum atomic E-state index is -4.71. The van der Waals surface area contributed by atoms with Crippen molar-refractivity contribution >= 4 is 16.9 Å². The summed E-state index contributed by atoms with van der Waals surface area (Å²) >= 11 is 1.12. The van der Waals surface area contributed by atoms with E-state index in [9.17, 15) is 23.4 Å². The van der Waals surface area contributed by atoms with Gasteiger partial charge in [0.2, 0.25) is 0 Å². The van der Waals surface area contributed by atoms with E-state index in [0.717, 1.165) is 11.8 Å². The van der Waals surface area contributed by atoms with Crippen LogP contribution in [0.3, 0.4) is 0 Å². The highest BCUT2D eigenvalue weighted by Crippen LogP contribution is 2.40. The fraction of sp³-hybridized carbons (Fsp3) is 0.923. The lowest BCUT2D eigenvalue weighted by atomic mass is 9.94. The van der Waals surface area contributed by atoms with Crippen LogP contribution in [0.25, 0.3) is 0 Å². The molecule has 0 aliphatic carbocycles. The molecule has 0 amide bonds. The molecule has 0 saturated carbocycles. The fourth-order valence-corrected chi connectivity index (χ4v) is 3.61. The Kier molecular flexibility index (Phi) is 5.83. The second-order valence-electron chi connectivity index (χ2n) is 5.70. The van der Waals surface area contributed by atoms with Gasteiger partial charge in [-0.1, -0.05) is 18.7 Å². The molecule has 0 spiro atoms. The first-order valence-electron chi connectivity index (χ1n) is 7.28. The van der Waals surface area contributed by atoms with E-state index in [1.807, 2.05) is 0 Å². The van der Waals surface area contributed by atoms with Gasteiger partial charge in [0, 0.05) is 20.7 Å². The molecule has 1 fully saturated rings. The average molecular weight is 358 g/mol. The fourth-order valence-electron chi connectivity index (χ4n) is 2.46. The Morgan fingerprint density at radius 3 is 2.52 bits per heavy atom. The third kappa shape index (κ3) is 3.93. The Hall–Kier alpha value is -0.550. The number of fused-ring (bicyclic) bond motifs is 1. The van der Waals surface area contributed by atoms with Crippen LogP contribution in [0.15, 0.2) is 4.99 Å². The lowest BCUT2D eigenvalue weighted by molar-refractivity contribution is -0.284. The minimum Gasteiger partial charge on any atom is -0.388 e. The van der Waals surface area contributed by atoms with Crippen LogP contribution in [0.4, 0.5) is 13.2 Å². The minimum absolute atomic E-state index is 0.118. The number of aliphatic imine (C=N–C) groups is 1. The van der Waals surface area contributed by atoms with Gasteiger partial charge < -0.3 is 24.6 Å². The number of aliphatic hydroxyl groups is 2. The van der Waals surface area contributed by atoms with Crippen molar-refractivity contribution in [2.45, 2.75) is 55.4 Å². The molecule has 134 valence electrons. The molecule has 0 radical (unpaired) electrons. The molecule has 0 aromatic heterocycles. The van der Waals surface area contributed by atoms with Crippen molar-refractivity contribution in [1.82, 2.24) is 4.90 Å². The maximum Gasteiger partial charge on any atom is 0.417 e. The number of rotatable bonds is 4. The van der Waals surface area contributed by atoms with Gasteiger partial charge >= 0.3 is 6.18 Å². The van der Waals surface area contributed by atoms with Crippen molar-refractivity contribution in [3.63, 3.8) is 0 Å². The quantitative estimate of drug-likeness (QED) is 0.775. The molecular formula is C13H21F3N2O4S. The summed E-state index contributed by atoms with van der Waals surface area (Å²) in [6.07, 6.45) is -11.5. The predicted molar refractivity (Wildman–Crippen MR) is 79.3 cm³/mol. The van der Waals surface area contributed by atoms with Crippen LogP contribution in [0, 0.1) is 0 Å². The Labute approximate surface area is 136 Å². The molecule has 2 heterocycles. The number of alkyl halides is 3. The lowest BCUT2D eigenvalue weighted by Gasteiger charge is -2.41. The summed E-state index contributed by atoms with van der Waals surface area (Å²) in [5.41, 5.74) is -0.786. The summed E-state index contributed by atoms with van der Waals surface area (Å²) in [6.45, 7) is 1.56. The standard InChI is InChI=1S/C13H21F3N2O4S/c1-4-5-21-10(13(14,15)16)9-8(20)7(19)6-11(22-9)23-12(17-6)18(2)3/h6-11,19-20H,4-5H2,1-3H3/t6-,7-,8+,9+,10?,11-/m1/s1. The van der Waals surface area contributed by atoms with E-state index in [0.29, 0.717) is 11.6 Å². The van der Waals surface area contributed by atoms with Gasteiger partial charge in [0.25, 0.3) is 0 Å². The van der Waals surface area contributed by atoms with Gasteiger partial charge in [-0.25, -0.2) is 0 Å². The number of thioether (sulfide) groups is 1. The molecule has 2 rings (SSSR count). The van der Waals surface area contributed by atoms with E-state index in [4.69, 9.17) is 9.47 Å². The largest absolute Gasteiger partial charge is 0.417 e. The highest BCUT2D eigenvalue weighted by atomic mass is 32.2. The summed E-state index contributed by atoms with van der Waals surface area (Å²) in [4.78, 5) is 5.88. The molecule has 2 aliphatic rings. The molecule has 0 aromatic carbocycles. The molecule has 1 saturated heterocycles. The van der Waals surface area contributed by atoms with Crippen molar-refractivity contribution in [2.24, 2.45) is 4.99 Å². The maximum absolute atomic E-state index is 13.2. The Balaban J connectivity index is 2.18. The van der Waals surface area contributed by atoms with E-state index in [2.05, 4.69) is 4.99 Å². The molecular weight excluding hydrogens is 337 g/mol. The van der Waals surface area contributed by atoms with Crippen LogP contribution < -0.4 is 0 Å². The first kappa shape index (κ1) is 18.8. The smallest absolute Gasteiger partial charge is 0.388 e. The number of nitrogens with zero attached hydrogens (tertiary/aromatic N) is 2. The molecule has 2 N–H and O–H groups in total. The van der Waals surface area contributed by atoms with Crippen molar-refractivity contribution in [1.29, 1.82) is 0 Å². The molecule has 0 aromatic rings. The van der Waals surface area contributed by atoms with Crippen molar-refractivity contribution in [3.8, 4) is 0 Å². The van der Waals surface area contributed by atoms with Gasteiger partial charge in [-0.3, -0.25) is 4.99 Å². The number of hydrogen-bond acceptors (Lipinski definition) is 7.